The first kappa shape index (κ1) is 11.9. The van der Waals surface area contributed by atoms with Gasteiger partial charge in [-0.15, -0.1) is 0 Å². The minimum atomic E-state index is -0.852. The lowest BCUT2D eigenvalue weighted by atomic mass is 9.90. The molecule has 0 amide bonds. The van der Waals surface area contributed by atoms with Gasteiger partial charge in [0.1, 0.15) is 5.75 Å². The SMILES string of the molecule is COc1ccc(C(O)C2(CC(=O)O)CC2)cc1. The van der Waals surface area contributed by atoms with Crippen molar-refractivity contribution in [2.45, 2.75) is 25.4 Å². The van der Waals surface area contributed by atoms with Crippen LogP contribution in [-0.2, 0) is 4.79 Å². The van der Waals surface area contributed by atoms with E-state index >= 15 is 0 Å². The number of carboxylic acid groups (broad SMARTS) is 1. The quantitative estimate of drug-likeness (QED) is 0.820. The highest BCUT2D eigenvalue weighted by Crippen LogP contribution is 2.57. The zero-order valence-electron chi connectivity index (χ0n) is 9.72. The second-order valence-corrected chi connectivity index (χ2v) is 4.61. The minimum absolute atomic E-state index is 0.0280. The van der Waals surface area contributed by atoms with Gasteiger partial charge in [0.25, 0.3) is 0 Å². The maximum Gasteiger partial charge on any atom is 0.304 e. The predicted octanol–water partition coefficient (Wildman–Crippen LogP) is 1.98. The molecule has 4 heteroatoms. The van der Waals surface area contributed by atoms with Crippen LogP contribution in [0.25, 0.3) is 0 Å². The van der Waals surface area contributed by atoms with E-state index in [0.717, 1.165) is 24.2 Å². The van der Waals surface area contributed by atoms with Crippen molar-refractivity contribution >= 4 is 5.97 Å². The summed E-state index contributed by atoms with van der Waals surface area (Å²) in [5.41, 5.74) is 0.296. The maximum absolute atomic E-state index is 10.8. The number of methoxy groups -OCH3 is 1. The maximum atomic E-state index is 10.8. The first-order valence-corrected chi connectivity index (χ1v) is 5.61. The Labute approximate surface area is 99.8 Å². The molecule has 1 saturated carbocycles. The molecule has 1 fully saturated rings. The van der Waals surface area contributed by atoms with E-state index < -0.39 is 17.5 Å². The summed E-state index contributed by atoms with van der Waals surface area (Å²) in [7, 11) is 1.58. The lowest BCUT2D eigenvalue weighted by Crippen LogP contribution is -2.17. The van der Waals surface area contributed by atoms with Gasteiger partial charge in [0, 0.05) is 5.41 Å². The third-order valence-corrected chi connectivity index (χ3v) is 3.41. The van der Waals surface area contributed by atoms with Crippen LogP contribution >= 0.6 is 0 Å². The Kier molecular flexibility index (Phi) is 3.07. The second-order valence-electron chi connectivity index (χ2n) is 4.61. The molecule has 0 aliphatic heterocycles. The number of aliphatic hydroxyl groups is 1. The number of aliphatic hydroxyl groups excluding tert-OH is 1. The zero-order chi connectivity index (χ0) is 12.5. The van der Waals surface area contributed by atoms with Crippen molar-refractivity contribution < 1.29 is 19.7 Å². The van der Waals surface area contributed by atoms with Gasteiger partial charge >= 0.3 is 5.97 Å². The molecule has 0 spiro atoms. The van der Waals surface area contributed by atoms with Crippen molar-refractivity contribution in [3.05, 3.63) is 29.8 Å². The molecule has 2 N–H and O–H groups in total. The summed E-state index contributed by atoms with van der Waals surface area (Å²) in [6, 6.07) is 7.11. The van der Waals surface area contributed by atoms with E-state index in [1.54, 1.807) is 31.4 Å². The Morgan fingerprint density at radius 2 is 2.00 bits per heavy atom. The third kappa shape index (κ3) is 2.42. The molecule has 0 aromatic heterocycles. The highest BCUT2D eigenvalue weighted by molar-refractivity contribution is 5.68. The molecule has 1 unspecified atom stereocenters. The van der Waals surface area contributed by atoms with E-state index in [9.17, 15) is 9.90 Å². The highest BCUT2D eigenvalue weighted by atomic mass is 16.5. The van der Waals surface area contributed by atoms with Crippen LogP contribution in [0.15, 0.2) is 24.3 Å². The number of hydrogen-bond donors (Lipinski definition) is 2. The van der Waals surface area contributed by atoms with Gasteiger partial charge < -0.3 is 14.9 Å². The average Bonchev–Trinajstić information content (AvgIpc) is 3.08. The fourth-order valence-corrected chi connectivity index (χ4v) is 2.15. The van der Waals surface area contributed by atoms with Crippen LogP contribution in [0.5, 0.6) is 5.75 Å². The summed E-state index contributed by atoms with van der Waals surface area (Å²) < 4.78 is 5.04. The summed E-state index contributed by atoms with van der Waals surface area (Å²) >= 11 is 0. The van der Waals surface area contributed by atoms with Crippen molar-refractivity contribution in [1.29, 1.82) is 0 Å². The van der Waals surface area contributed by atoms with Crippen molar-refractivity contribution in [3.63, 3.8) is 0 Å². The van der Waals surface area contributed by atoms with E-state index in [0.29, 0.717) is 0 Å². The third-order valence-electron chi connectivity index (χ3n) is 3.41. The molecular formula is C13H16O4. The Balaban J connectivity index is 2.13. The molecule has 1 aromatic carbocycles. The molecular weight excluding hydrogens is 220 g/mol. The molecule has 2 rings (SSSR count). The fourth-order valence-electron chi connectivity index (χ4n) is 2.15. The molecule has 1 aromatic rings. The van der Waals surface area contributed by atoms with E-state index in [1.165, 1.54) is 0 Å². The van der Waals surface area contributed by atoms with E-state index in [-0.39, 0.29) is 6.42 Å². The number of ether oxygens (including phenoxy) is 1. The molecule has 1 atom stereocenters. The molecule has 0 heterocycles. The number of benzene rings is 1. The Bertz CT molecular complexity index is 406. The van der Waals surface area contributed by atoms with Gasteiger partial charge in [0.05, 0.1) is 19.6 Å². The van der Waals surface area contributed by atoms with Crippen molar-refractivity contribution in [2.75, 3.05) is 7.11 Å². The van der Waals surface area contributed by atoms with Gasteiger partial charge in [-0.2, -0.15) is 0 Å². The van der Waals surface area contributed by atoms with Gasteiger partial charge in [-0.25, -0.2) is 0 Å². The Morgan fingerprint density at radius 3 is 2.41 bits per heavy atom. The van der Waals surface area contributed by atoms with Crippen LogP contribution in [-0.4, -0.2) is 23.3 Å². The van der Waals surface area contributed by atoms with Crippen LogP contribution in [0.3, 0.4) is 0 Å². The molecule has 1 aliphatic carbocycles. The van der Waals surface area contributed by atoms with Gasteiger partial charge in [0.15, 0.2) is 0 Å². The number of rotatable bonds is 5. The lowest BCUT2D eigenvalue weighted by Gasteiger charge is -2.21. The molecule has 92 valence electrons. The monoisotopic (exact) mass is 236 g/mol. The Hall–Kier alpha value is -1.55. The van der Waals surface area contributed by atoms with E-state index in [1.807, 2.05) is 0 Å². The second kappa shape index (κ2) is 4.37. The summed E-state index contributed by atoms with van der Waals surface area (Å²) in [6.45, 7) is 0. The number of carbonyl (C=O) groups is 1. The highest BCUT2D eigenvalue weighted by Gasteiger charge is 2.50. The minimum Gasteiger partial charge on any atom is -0.497 e. The topological polar surface area (TPSA) is 66.8 Å². The number of aliphatic carboxylic acids is 1. The van der Waals surface area contributed by atoms with Crippen LogP contribution in [0.2, 0.25) is 0 Å². The average molecular weight is 236 g/mol. The molecule has 4 nitrogen and oxygen atoms in total. The molecule has 1 aliphatic rings. The molecule has 0 saturated heterocycles. The molecule has 0 radical (unpaired) electrons. The predicted molar refractivity (Wildman–Crippen MR) is 61.9 cm³/mol. The van der Waals surface area contributed by atoms with Gasteiger partial charge in [0.2, 0.25) is 0 Å². The summed E-state index contributed by atoms with van der Waals surface area (Å²) in [5.74, 6) is -0.126. The number of hydrogen-bond acceptors (Lipinski definition) is 3. The standard InChI is InChI=1S/C13H16O4/c1-17-10-4-2-9(3-5-10)12(16)13(6-7-13)8-11(14)15/h2-5,12,16H,6-8H2,1H3,(H,14,15). The summed E-state index contributed by atoms with van der Waals surface area (Å²) in [4.78, 5) is 10.8. The smallest absolute Gasteiger partial charge is 0.304 e. The molecule has 0 bridgehead atoms. The first-order valence-electron chi connectivity index (χ1n) is 5.61. The lowest BCUT2D eigenvalue weighted by molar-refractivity contribution is -0.139. The van der Waals surface area contributed by atoms with Gasteiger partial charge in [-0.3, -0.25) is 4.79 Å². The van der Waals surface area contributed by atoms with Crippen molar-refractivity contribution in [1.82, 2.24) is 0 Å². The normalized spacial score (nSPS) is 18.5. The van der Waals surface area contributed by atoms with E-state index in [2.05, 4.69) is 0 Å². The van der Waals surface area contributed by atoms with Crippen LogP contribution in [0, 0.1) is 5.41 Å². The number of carboxylic acids is 1. The summed E-state index contributed by atoms with van der Waals surface area (Å²) in [5, 5.41) is 19.1. The van der Waals surface area contributed by atoms with Crippen LogP contribution < -0.4 is 4.74 Å². The van der Waals surface area contributed by atoms with Crippen LogP contribution in [0.4, 0.5) is 0 Å². The fraction of sp³-hybridized carbons (Fsp3) is 0.462. The van der Waals surface area contributed by atoms with Crippen LogP contribution in [0.1, 0.15) is 30.9 Å². The van der Waals surface area contributed by atoms with E-state index in [4.69, 9.17) is 9.84 Å². The largest absolute Gasteiger partial charge is 0.497 e. The summed E-state index contributed by atoms with van der Waals surface area (Å²) in [6.07, 6.45) is 0.864. The van der Waals surface area contributed by atoms with Crippen molar-refractivity contribution in [3.8, 4) is 5.75 Å². The van der Waals surface area contributed by atoms with Gasteiger partial charge in [-0.1, -0.05) is 12.1 Å². The zero-order valence-corrected chi connectivity index (χ0v) is 9.72. The van der Waals surface area contributed by atoms with Gasteiger partial charge in [-0.05, 0) is 30.5 Å². The van der Waals surface area contributed by atoms with Crippen molar-refractivity contribution in [2.24, 2.45) is 5.41 Å². The molecule has 17 heavy (non-hydrogen) atoms. The Morgan fingerprint density at radius 1 is 1.41 bits per heavy atom. The first-order chi connectivity index (χ1) is 8.07.